The number of benzene rings is 1. The molecule has 4 rings (SSSR count). The van der Waals surface area contributed by atoms with Crippen LogP contribution in [-0.4, -0.2) is 45.4 Å². The Hall–Kier alpha value is -3.20. The molecule has 9 heteroatoms. The molecule has 3 heterocycles. The van der Waals surface area contributed by atoms with Crippen molar-refractivity contribution in [3.05, 3.63) is 36.5 Å². The van der Waals surface area contributed by atoms with Crippen LogP contribution in [0.25, 0.3) is 20.7 Å². The number of fused-ring (bicyclic) bond motifs is 1. The number of imide groups is 1. The number of hydrogen-bond donors (Lipinski definition) is 3. The van der Waals surface area contributed by atoms with Gasteiger partial charge in [0.2, 0.25) is 5.95 Å². The van der Waals surface area contributed by atoms with E-state index in [1.807, 2.05) is 24.3 Å². The summed E-state index contributed by atoms with van der Waals surface area (Å²) in [5.74, 6) is 0.180. The van der Waals surface area contributed by atoms with Gasteiger partial charge in [0.1, 0.15) is 5.54 Å². The topological polar surface area (TPSA) is 113 Å². The molecule has 0 radical (unpaired) electrons. The largest absolute Gasteiger partial charge is 0.399 e. The summed E-state index contributed by atoms with van der Waals surface area (Å²) >= 11 is 1.64. The quantitative estimate of drug-likeness (QED) is 0.451. The fourth-order valence-electron chi connectivity index (χ4n) is 3.12. The van der Waals surface area contributed by atoms with Gasteiger partial charge in [0, 0.05) is 29.7 Å². The highest BCUT2D eigenvalue weighted by Gasteiger charge is 2.44. The number of aromatic nitrogens is 2. The minimum Gasteiger partial charge on any atom is -0.399 e. The molecule has 0 saturated carbocycles. The summed E-state index contributed by atoms with van der Waals surface area (Å²) in [5.41, 5.74) is 6.54. The van der Waals surface area contributed by atoms with E-state index in [9.17, 15) is 9.59 Å². The Kier molecular flexibility index (Phi) is 4.38. The molecule has 2 aromatic heterocycles. The number of urea groups is 1. The number of rotatable bonds is 5. The molecule has 1 fully saturated rings. The van der Waals surface area contributed by atoms with Crippen LogP contribution in [0, 0.1) is 0 Å². The molecule has 0 unspecified atom stereocenters. The number of anilines is 2. The zero-order chi connectivity index (χ0) is 19.9. The van der Waals surface area contributed by atoms with Crippen LogP contribution >= 0.6 is 11.3 Å². The summed E-state index contributed by atoms with van der Waals surface area (Å²) in [7, 11) is 0. The minimum atomic E-state index is -0.861. The molecule has 144 valence electrons. The highest BCUT2D eigenvalue weighted by molar-refractivity contribution is 7.22. The molecule has 1 saturated heterocycles. The van der Waals surface area contributed by atoms with Gasteiger partial charge in [-0.3, -0.25) is 10.1 Å². The number of amides is 3. The lowest BCUT2D eigenvalue weighted by Gasteiger charge is -2.27. The smallest absolute Gasteiger partial charge is 0.325 e. The molecule has 28 heavy (non-hydrogen) atoms. The third-order valence-corrected chi connectivity index (χ3v) is 5.90. The van der Waals surface area contributed by atoms with Crippen molar-refractivity contribution in [3.8, 4) is 10.6 Å². The Labute approximate surface area is 165 Å². The zero-order valence-corrected chi connectivity index (χ0v) is 16.3. The number of nitrogens with one attached hydrogen (secondary N) is 2. The van der Waals surface area contributed by atoms with E-state index in [4.69, 9.17) is 5.73 Å². The van der Waals surface area contributed by atoms with Crippen LogP contribution in [0.4, 0.5) is 16.4 Å². The van der Waals surface area contributed by atoms with Crippen molar-refractivity contribution in [2.24, 2.45) is 0 Å². The van der Waals surface area contributed by atoms with E-state index in [-0.39, 0.29) is 11.9 Å². The van der Waals surface area contributed by atoms with Gasteiger partial charge < -0.3 is 16.0 Å². The first-order chi connectivity index (χ1) is 13.3. The monoisotopic (exact) mass is 396 g/mol. The van der Waals surface area contributed by atoms with Crippen molar-refractivity contribution in [3.63, 3.8) is 0 Å². The molecule has 1 aliphatic heterocycles. The first-order valence-corrected chi connectivity index (χ1v) is 9.66. The molecule has 8 nitrogen and oxygen atoms in total. The highest BCUT2D eigenvalue weighted by atomic mass is 32.1. The summed E-state index contributed by atoms with van der Waals surface area (Å²) in [6.07, 6.45) is 1.69. The second-order valence-corrected chi connectivity index (χ2v) is 8.15. The van der Waals surface area contributed by atoms with Crippen molar-refractivity contribution >= 4 is 45.0 Å². The lowest BCUT2D eigenvalue weighted by Crippen LogP contribution is -2.46. The average Bonchev–Trinajstić information content (AvgIpc) is 3.15. The second-order valence-electron chi connectivity index (χ2n) is 7.07. The summed E-state index contributed by atoms with van der Waals surface area (Å²) in [4.78, 5) is 35.1. The standard InChI is InChI=1S/C19H20N6O2S/c1-19(2)16(26)24-18(27)25(19)8-7-22-17-21-6-5-13(23-17)15-10-11-9-12(20)3-4-14(11)28-15/h3-6,9-10H,7-8,20H2,1-2H3,(H,21,22,23)(H,24,26,27). The van der Waals surface area contributed by atoms with E-state index >= 15 is 0 Å². The maximum Gasteiger partial charge on any atom is 0.325 e. The van der Waals surface area contributed by atoms with Crippen LogP contribution in [0.15, 0.2) is 36.5 Å². The van der Waals surface area contributed by atoms with Crippen molar-refractivity contribution in [1.29, 1.82) is 0 Å². The Morgan fingerprint density at radius 1 is 1.25 bits per heavy atom. The predicted molar refractivity (Wildman–Crippen MR) is 110 cm³/mol. The van der Waals surface area contributed by atoms with Crippen LogP contribution < -0.4 is 16.4 Å². The van der Waals surface area contributed by atoms with Crippen molar-refractivity contribution in [1.82, 2.24) is 20.2 Å². The van der Waals surface area contributed by atoms with E-state index in [0.29, 0.717) is 19.0 Å². The Morgan fingerprint density at radius 2 is 2.07 bits per heavy atom. The predicted octanol–water partition coefficient (Wildman–Crippen LogP) is 2.68. The fourth-order valence-corrected chi connectivity index (χ4v) is 4.14. The van der Waals surface area contributed by atoms with Gasteiger partial charge in [0.25, 0.3) is 5.91 Å². The van der Waals surface area contributed by atoms with Gasteiger partial charge in [-0.15, -0.1) is 11.3 Å². The van der Waals surface area contributed by atoms with Gasteiger partial charge in [0.15, 0.2) is 0 Å². The number of carbonyl (C=O) groups excluding carboxylic acids is 2. The van der Waals surface area contributed by atoms with Gasteiger partial charge in [-0.2, -0.15) is 0 Å². The third kappa shape index (κ3) is 3.24. The van der Waals surface area contributed by atoms with Crippen LogP contribution in [0.5, 0.6) is 0 Å². The molecular weight excluding hydrogens is 376 g/mol. The van der Waals surface area contributed by atoms with Gasteiger partial charge in [-0.25, -0.2) is 14.8 Å². The summed E-state index contributed by atoms with van der Waals surface area (Å²) in [6.45, 7) is 4.23. The molecule has 0 spiro atoms. The summed E-state index contributed by atoms with van der Waals surface area (Å²) in [6, 6.07) is 9.37. The van der Waals surface area contributed by atoms with Crippen molar-refractivity contribution in [2.75, 3.05) is 24.1 Å². The highest BCUT2D eigenvalue weighted by Crippen LogP contribution is 2.33. The lowest BCUT2D eigenvalue weighted by molar-refractivity contribution is -0.125. The lowest BCUT2D eigenvalue weighted by atomic mass is 10.0. The van der Waals surface area contributed by atoms with Crippen molar-refractivity contribution < 1.29 is 9.59 Å². The SMILES string of the molecule is CC1(C)C(=O)NC(=O)N1CCNc1nccc(-c2cc3cc(N)ccc3s2)n1. The average molecular weight is 396 g/mol. The molecule has 0 atom stereocenters. The first kappa shape index (κ1) is 18.2. The molecule has 3 amide bonds. The molecule has 4 N–H and O–H groups in total. The number of hydrogen-bond acceptors (Lipinski definition) is 7. The van der Waals surface area contributed by atoms with Gasteiger partial charge in [-0.1, -0.05) is 0 Å². The van der Waals surface area contributed by atoms with E-state index in [1.165, 1.54) is 4.90 Å². The van der Waals surface area contributed by atoms with E-state index < -0.39 is 5.54 Å². The second kappa shape index (κ2) is 6.75. The number of nitrogens with zero attached hydrogens (tertiary/aromatic N) is 3. The van der Waals surface area contributed by atoms with Crippen molar-refractivity contribution in [2.45, 2.75) is 19.4 Å². The summed E-state index contributed by atoms with van der Waals surface area (Å²) in [5, 5.41) is 6.55. The molecular formula is C19H20N6O2S. The molecule has 1 aromatic carbocycles. The first-order valence-electron chi connectivity index (χ1n) is 8.84. The number of thiophene rings is 1. The normalized spacial score (nSPS) is 15.9. The number of nitrogen functional groups attached to an aromatic ring is 1. The van der Waals surface area contributed by atoms with Crippen LogP contribution in [0.2, 0.25) is 0 Å². The number of carbonyl (C=O) groups is 2. The van der Waals surface area contributed by atoms with Gasteiger partial charge >= 0.3 is 6.03 Å². The number of nitrogens with two attached hydrogens (primary N) is 1. The van der Waals surface area contributed by atoms with E-state index in [0.717, 1.165) is 26.3 Å². The molecule has 0 bridgehead atoms. The molecule has 1 aliphatic rings. The Balaban J connectivity index is 1.47. The zero-order valence-electron chi connectivity index (χ0n) is 15.5. The molecule has 0 aliphatic carbocycles. The Bertz CT molecular complexity index is 1080. The van der Waals surface area contributed by atoms with E-state index in [2.05, 4.69) is 26.7 Å². The minimum absolute atomic E-state index is 0.291. The van der Waals surface area contributed by atoms with E-state index in [1.54, 1.807) is 31.4 Å². The summed E-state index contributed by atoms with van der Waals surface area (Å²) < 4.78 is 1.14. The van der Waals surface area contributed by atoms with Gasteiger partial charge in [-0.05, 0) is 49.6 Å². The molecule has 3 aromatic rings. The van der Waals surface area contributed by atoms with Crippen LogP contribution in [0.1, 0.15) is 13.8 Å². The maximum absolute atomic E-state index is 11.9. The van der Waals surface area contributed by atoms with Gasteiger partial charge in [0.05, 0.1) is 10.6 Å². The third-order valence-electron chi connectivity index (χ3n) is 4.76. The maximum atomic E-state index is 11.9. The van der Waals surface area contributed by atoms with Crippen LogP contribution in [0.3, 0.4) is 0 Å². The van der Waals surface area contributed by atoms with Crippen LogP contribution in [-0.2, 0) is 4.79 Å². The fraction of sp³-hybridized carbons (Fsp3) is 0.263. The Morgan fingerprint density at radius 3 is 2.82 bits per heavy atom.